The van der Waals surface area contributed by atoms with E-state index in [1.807, 2.05) is 0 Å². The van der Waals surface area contributed by atoms with Crippen molar-refractivity contribution < 1.29 is 33.2 Å². The Kier molecular flexibility index (Phi) is 25.0. The molecule has 0 saturated heterocycles. The molecule has 0 saturated carbocycles. The van der Waals surface area contributed by atoms with Crippen molar-refractivity contribution in [1.82, 2.24) is 0 Å². The highest BCUT2D eigenvalue weighted by atomic mass is 79.9. The first-order valence-corrected chi connectivity index (χ1v) is 10.1. The zero-order chi connectivity index (χ0) is 19.7. The van der Waals surface area contributed by atoms with E-state index in [9.17, 15) is 0 Å². The highest BCUT2D eigenvalue weighted by molar-refractivity contribution is 9.09. The van der Waals surface area contributed by atoms with Gasteiger partial charge in [0.25, 0.3) is 0 Å². The molecule has 0 aromatic heterocycles. The summed E-state index contributed by atoms with van der Waals surface area (Å²) in [6.45, 7) is 7.81. The molecule has 0 N–H and O–H groups in total. The first-order valence-electron chi connectivity index (χ1n) is 9.02. The Morgan fingerprint density at radius 1 is 0.519 bits per heavy atom. The smallest absolute Gasteiger partial charge is 0.0701 e. The van der Waals surface area contributed by atoms with Crippen LogP contribution in [0.1, 0.15) is 0 Å². The molecule has 0 aliphatic heterocycles. The quantitative estimate of drug-likeness (QED) is 0.0754. The average molecular weight is 458 g/mol. The second-order valence-electron chi connectivity index (χ2n) is 4.93. The maximum atomic E-state index is 8.08. The summed E-state index contributed by atoms with van der Waals surface area (Å²) in [6.07, 6.45) is 0. The van der Waals surface area contributed by atoms with Crippen molar-refractivity contribution in [2.75, 3.05) is 104 Å². The van der Waals surface area contributed by atoms with Crippen LogP contribution in [0.25, 0.3) is 10.4 Å². The molecule has 0 aliphatic rings. The Labute approximate surface area is 169 Å². The van der Waals surface area contributed by atoms with E-state index in [4.69, 9.17) is 38.7 Å². The van der Waals surface area contributed by atoms with E-state index in [2.05, 4.69) is 26.0 Å². The maximum absolute atomic E-state index is 8.08. The molecular weight excluding hydrogens is 426 g/mol. The van der Waals surface area contributed by atoms with Gasteiger partial charge in [0, 0.05) is 16.8 Å². The molecule has 10 nitrogen and oxygen atoms in total. The summed E-state index contributed by atoms with van der Waals surface area (Å²) in [5, 5.41) is 4.20. The molecule has 0 atom stereocenters. The zero-order valence-electron chi connectivity index (χ0n) is 15.9. The lowest BCUT2D eigenvalue weighted by Gasteiger charge is -2.08. The summed E-state index contributed by atoms with van der Waals surface area (Å²) < 4.78 is 37.3. The molecule has 160 valence electrons. The van der Waals surface area contributed by atoms with Gasteiger partial charge < -0.3 is 33.2 Å². The molecule has 0 rings (SSSR count). The Bertz CT molecular complexity index is 337. The van der Waals surface area contributed by atoms with E-state index in [0.29, 0.717) is 99.0 Å². The number of hydrogen-bond acceptors (Lipinski definition) is 8. The van der Waals surface area contributed by atoms with Crippen molar-refractivity contribution >= 4 is 15.9 Å². The second-order valence-corrected chi connectivity index (χ2v) is 5.72. The number of rotatable bonds is 23. The summed E-state index contributed by atoms with van der Waals surface area (Å²) >= 11 is 3.28. The van der Waals surface area contributed by atoms with Crippen LogP contribution in [0.5, 0.6) is 0 Å². The Balaban J connectivity index is 2.98. The molecule has 0 bridgehead atoms. The van der Waals surface area contributed by atoms with Crippen LogP contribution in [0.4, 0.5) is 0 Å². The van der Waals surface area contributed by atoms with Crippen LogP contribution in [0.15, 0.2) is 5.11 Å². The Morgan fingerprint density at radius 2 is 0.815 bits per heavy atom. The van der Waals surface area contributed by atoms with Crippen LogP contribution in [-0.4, -0.2) is 104 Å². The first kappa shape index (κ1) is 26.5. The van der Waals surface area contributed by atoms with E-state index >= 15 is 0 Å². The van der Waals surface area contributed by atoms with Gasteiger partial charge in [0.1, 0.15) is 0 Å². The minimum absolute atomic E-state index is 0.339. The van der Waals surface area contributed by atoms with E-state index in [1.54, 1.807) is 0 Å². The van der Waals surface area contributed by atoms with Gasteiger partial charge in [-0.1, -0.05) is 21.0 Å². The highest BCUT2D eigenvalue weighted by Crippen LogP contribution is 1.86. The fraction of sp³-hybridized carbons (Fsp3) is 1.00. The third kappa shape index (κ3) is 25.5. The van der Waals surface area contributed by atoms with E-state index < -0.39 is 0 Å². The van der Waals surface area contributed by atoms with Crippen LogP contribution in [0, 0.1) is 0 Å². The topological polar surface area (TPSA) is 113 Å². The van der Waals surface area contributed by atoms with Crippen molar-refractivity contribution in [2.24, 2.45) is 5.11 Å². The SMILES string of the molecule is [N-]=[N+]=NCCOCCOCCOCCOCCOCCOCCOCCBr. The summed E-state index contributed by atoms with van der Waals surface area (Å²) in [5.41, 5.74) is 8.08. The minimum atomic E-state index is 0.339. The Morgan fingerprint density at radius 3 is 1.11 bits per heavy atom. The zero-order valence-corrected chi connectivity index (χ0v) is 17.5. The highest BCUT2D eigenvalue weighted by Gasteiger charge is 1.94. The van der Waals surface area contributed by atoms with Gasteiger partial charge in [-0.2, -0.15) is 0 Å². The van der Waals surface area contributed by atoms with E-state index in [1.165, 1.54) is 0 Å². The standard InChI is InChI=1S/C16H32BrN3O7/c17-1-3-21-5-7-23-9-11-25-13-15-27-16-14-26-12-10-24-8-6-22-4-2-19-20-18/h1-16H2. The van der Waals surface area contributed by atoms with Gasteiger partial charge in [0.05, 0.1) is 92.5 Å². The van der Waals surface area contributed by atoms with Crippen molar-refractivity contribution in [1.29, 1.82) is 0 Å². The molecule has 0 aliphatic carbocycles. The molecule has 0 aromatic rings. The predicted molar refractivity (Wildman–Crippen MR) is 104 cm³/mol. The van der Waals surface area contributed by atoms with Gasteiger partial charge in [-0.15, -0.1) is 0 Å². The second kappa shape index (κ2) is 25.5. The van der Waals surface area contributed by atoms with Crippen molar-refractivity contribution in [3.05, 3.63) is 10.4 Å². The lowest BCUT2D eigenvalue weighted by Crippen LogP contribution is -2.14. The number of halogens is 1. The lowest BCUT2D eigenvalue weighted by atomic mass is 10.6. The molecule has 0 heterocycles. The van der Waals surface area contributed by atoms with Crippen LogP contribution in [0.3, 0.4) is 0 Å². The molecular formula is C16H32BrN3O7. The lowest BCUT2D eigenvalue weighted by molar-refractivity contribution is -0.0198. The fourth-order valence-corrected chi connectivity index (χ4v) is 1.86. The Hall–Kier alpha value is -0.490. The van der Waals surface area contributed by atoms with Crippen LogP contribution >= 0.6 is 15.9 Å². The van der Waals surface area contributed by atoms with E-state index in [-0.39, 0.29) is 0 Å². The number of hydrogen-bond donors (Lipinski definition) is 0. The first-order chi connectivity index (χ1) is 13.4. The van der Waals surface area contributed by atoms with Crippen molar-refractivity contribution in [3.63, 3.8) is 0 Å². The van der Waals surface area contributed by atoms with Crippen LogP contribution in [0.2, 0.25) is 0 Å². The van der Waals surface area contributed by atoms with Gasteiger partial charge >= 0.3 is 0 Å². The summed E-state index contributed by atoms with van der Waals surface area (Å²) in [6, 6.07) is 0. The average Bonchev–Trinajstić information content (AvgIpc) is 2.68. The number of nitrogens with zero attached hydrogens (tertiary/aromatic N) is 3. The fourth-order valence-electron chi connectivity index (χ4n) is 1.63. The summed E-state index contributed by atoms with van der Waals surface area (Å²) in [4.78, 5) is 2.63. The largest absolute Gasteiger partial charge is 0.379 e. The maximum Gasteiger partial charge on any atom is 0.0701 e. The monoisotopic (exact) mass is 457 g/mol. The van der Waals surface area contributed by atoms with Crippen LogP contribution < -0.4 is 0 Å². The van der Waals surface area contributed by atoms with Gasteiger partial charge in [-0.3, -0.25) is 0 Å². The predicted octanol–water partition coefficient (Wildman–Crippen LogP) is 1.81. The third-order valence-electron chi connectivity index (χ3n) is 2.85. The number of azide groups is 1. The third-order valence-corrected chi connectivity index (χ3v) is 3.18. The van der Waals surface area contributed by atoms with Crippen LogP contribution in [-0.2, 0) is 33.2 Å². The van der Waals surface area contributed by atoms with Gasteiger partial charge in [0.15, 0.2) is 0 Å². The normalized spacial score (nSPS) is 10.9. The molecule has 27 heavy (non-hydrogen) atoms. The minimum Gasteiger partial charge on any atom is -0.379 e. The molecule has 0 amide bonds. The van der Waals surface area contributed by atoms with Crippen molar-refractivity contribution in [2.45, 2.75) is 0 Å². The summed E-state index contributed by atoms with van der Waals surface area (Å²) in [5.74, 6) is 0. The molecule has 0 spiro atoms. The van der Waals surface area contributed by atoms with Gasteiger partial charge in [-0.05, 0) is 5.53 Å². The number of alkyl halides is 1. The number of ether oxygens (including phenoxy) is 7. The van der Waals surface area contributed by atoms with E-state index in [0.717, 1.165) is 5.33 Å². The molecule has 11 heteroatoms. The summed E-state index contributed by atoms with van der Waals surface area (Å²) in [7, 11) is 0. The van der Waals surface area contributed by atoms with Crippen molar-refractivity contribution in [3.8, 4) is 0 Å². The molecule has 0 unspecified atom stereocenters. The molecule has 0 aromatic carbocycles. The molecule has 0 radical (unpaired) electrons. The van der Waals surface area contributed by atoms with Gasteiger partial charge in [-0.25, -0.2) is 0 Å². The molecule has 0 fully saturated rings. The van der Waals surface area contributed by atoms with Gasteiger partial charge in [0.2, 0.25) is 0 Å².